The van der Waals surface area contributed by atoms with Crippen LogP contribution in [0.4, 0.5) is 5.69 Å². The van der Waals surface area contributed by atoms with Crippen LogP contribution in [0.15, 0.2) is 53.4 Å². The molecule has 1 aliphatic heterocycles. The van der Waals surface area contributed by atoms with E-state index in [9.17, 15) is 28.1 Å². The van der Waals surface area contributed by atoms with Crippen molar-refractivity contribution >= 4 is 27.5 Å². The molecular weight excluding hydrogens is 428 g/mol. The van der Waals surface area contributed by atoms with Crippen LogP contribution in [-0.4, -0.2) is 44.4 Å². The molecule has 3 rings (SSSR count). The van der Waals surface area contributed by atoms with Gasteiger partial charge in [0.05, 0.1) is 15.9 Å². The van der Waals surface area contributed by atoms with Gasteiger partial charge in [0, 0.05) is 36.4 Å². The minimum atomic E-state index is -3.85. The summed E-state index contributed by atoms with van der Waals surface area (Å²) < 4.78 is 32.8. The summed E-state index contributed by atoms with van der Waals surface area (Å²) in [6, 6.07) is 10.3. The molecule has 1 atom stereocenters. The fraction of sp³-hybridized carbons (Fsp3) is 0.263. The molecule has 2 aromatic rings. The Bertz CT molecular complexity index is 1100. The average Bonchev–Trinajstić information content (AvgIpc) is 3.30. The van der Waals surface area contributed by atoms with E-state index in [0.29, 0.717) is 6.61 Å². The lowest BCUT2D eigenvalue weighted by molar-refractivity contribution is -0.384. The van der Waals surface area contributed by atoms with Crippen LogP contribution in [0, 0.1) is 10.1 Å². The molecule has 0 aromatic heterocycles. The van der Waals surface area contributed by atoms with Gasteiger partial charge in [0.1, 0.15) is 0 Å². The van der Waals surface area contributed by atoms with Crippen molar-refractivity contribution in [1.29, 1.82) is 0 Å². The Morgan fingerprint density at radius 2 is 1.71 bits per heavy atom. The second-order valence-electron chi connectivity index (χ2n) is 6.73. The predicted octanol–water partition coefficient (Wildman–Crippen LogP) is 1.13. The smallest absolute Gasteiger partial charge is 0.270 e. The van der Waals surface area contributed by atoms with Gasteiger partial charge in [-0.25, -0.2) is 13.1 Å². The molecule has 164 valence electrons. The SMILES string of the molecule is O=C(NNC(=O)c1cccc(S(=O)(=O)NCC2CCCO2)c1)c1cccc([N+](=O)[O-])c1. The number of nitro benzene ring substituents is 1. The maximum atomic E-state index is 12.5. The van der Waals surface area contributed by atoms with Crippen molar-refractivity contribution in [2.45, 2.75) is 23.8 Å². The number of nitro groups is 1. The molecule has 0 saturated carbocycles. The van der Waals surface area contributed by atoms with E-state index >= 15 is 0 Å². The van der Waals surface area contributed by atoms with Gasteiger partial charge in [-0.3, -0.25) is 30.6 Å². The number of nitrogens with zero attached hydrogens (tertiary/aromatic N) is 1. The molecule has 11 nitrogen and oxygen atoms in total. The van der Waals surface area contributed by atoms with Gasteiger partial charge >= 0.3 is 0 Å². The second kappa shape index (κ2) is 9.64. The van der Waals surface area contributed by atoms with Crippen molar-refractivity contribution in [3.63, 3.8) is 0 Å². The van der Waals surface area contributed by atoms with E-state index in [1.54, 1.807) is 0 Å². The normalized spacial score (nSPS) is 15.9. The molecule has 0 bridgehead atoms. The third-order valence-electron chi connectivity index (χ3n) is 4.54. The summed E-state index contributed by atoms with van der Waals surface area (Å²) in [5.41, 5.74) is 4.00. The molecule has 2 aromatic carbocycles. The zero-order chi connectivity index (χ0) is 22.4. The summed E-state index contributed by atoms with van der Waals surface area (Å²) in [6.45, 7) is 0.738. The Morgan fingerprint density at radius 1 is 1.06 bits per heavy atom. The molecule has 12 heteroatoms. The molecule has 0 radical (unpaired) electrons. The second-order valence-corrected chi connectivity index (χ2v) is 8.50. The van der Waals surface area contributed by atoms with Crippen LogP contribution in [-0.2, 0) is 14.8 Å². The van der Waals surface area contributed by atoms with Crippen LogP contribution < -0.4 is 15.6 Å². The summed E-state index contributed by atoms with van der Waals surface area (Å²) in [5.74, 6) is -1.52. The van der Waals surface area contributed by atoms with Gasteiger partial charge < -0.3 is 4.74 Å². The lowest BCUT2D eigenvalue weighted by atomic mass is 10.2. The molecule has 2 amide bonds. The Morgan fingerprint density at radius 3 is 2.32 bits per heavy atom. The monoisotopic (exact) mass is 448 g/mol. The number of nitrogens with one attached hydrogen (secondary N) is 3. The zero-order valence-corrected chi connectivity index (χ0v) is 17.1. The number of rotatable bonds is 7. The summed E-state index contributed by atoms with van der Waals surface area (Å²) in [4.78, 5) is 34.5. The van der Waals surface area contributed by atoms with Crippen molar-refractivity contribution in [2.24, 2.45) is 0 Å². The highest BCUT2D eigenvalue weighted by Crippen LogP contribution is 2.15. The molecule has 1 heterocycles. The van der Waals surface area contributed by atoms with E-state index in [0.717, 1.165) is 18.9 Å². The van der Waals surface area contributed by atoms with Crippen molar-refractivity contribution in [3.05, 3.63) is 69.8 Å². The predicted molar refractivity (Wildman–Crippen MR) is 109 cm³/mol. The number of hydrogen-bond acceptors (Lipinski definition) is 7. The zero-order valence-electron chi connectivity index (χ0n) is 16.2. The van der Waals surface area contributed by atoms with Crippen molar-refractivity contribution < 1.29 is 27.7 Å². The standard InChI is InChI=1S/C19H20N4O7S/c24-18(13-4-1-6-15(10-13)23(26)27)21-22-19(25)14-5-2-8-17(11-14)31(28,29)20-12-16-7-3-9-30-16/h1-2,4-6,8,10-11,16,20H,3,7,9,12H2,(H,21,24)(H,22,25). The fourth-order valence-corrected chi connectivity index (χ4v) is 4.03. The first kappa shape index (κ1) is 22.3. The molecule has 0 spiro atoms. The summed E-state index contributed by atoms with van der Waals surface area (Å²) >= 11 is 0. The first-order chi connectivity index (χ1) is 14.8. The fourth-order valence-electron chi connectivity index (χ4n) is 2.91. The quantitative estimate of drug-likeness (QED) is 0.423. The largest absolute Gasteiger partial charge is 0.377 e. The van der Waals surface area contributed by atoms with E-state index in [2.05, 4.69) is 15.6 Å². The first-order valence-electron chi connectivity index (χ1n) is 9.33. The van der Waals surface area contributed by atoms with Crippen LogP contribution in [0.3, 0.4) is 0 Å². The van der Waals surface area contributed by atoms with Crippen LogP contribution in [0.5, 0.6) is 0 Å². The lowest BCUT2D eigenvalue weighted by Crippen LogP contribution is -2.41. The van der Waals surface area contributed by atoms with Gasteiger partial charge in [-0.15, -0.1) is 0 Å². The topological polar surface area (TPSA) is 157 Å². The van der Waals surface area contributed by atoms with E-state index in [4.69, 9.17) is 4.74 Å². The van der Waals surface area contributed by atoms with Crippen LogP contribution in [0.2, 0.25) is 0 Å². The van der Waals surface area contributed by atoms with Crippen molar-refractivity contribution in [1.82, 2.24) is 15.6 Å². The third-order valence-corrected chi connectivity index (χ3v) is 5.96. The number of hydrogen-bond donors (Lipinski definition) is 3. The number of benzene rings is 2. The van der Waals surface area contributed by atoms with Crippen molar-refractivity contribution in [3.8, 4) is 0 Å². The summed E-state index contributed by atoms with van der Waals surface area (Å²) in [7, 11) is -3.85. The van der Waals surface area contributed by atoms with Gasteiger partial charge in [-0.1, -0.05) is 12.1 Å². The highest BCUT2D eigenvalue weighted by Gasteiger charge is 2.21. The molecule has 31 heavy (non-hydrogen) atoms. The number of carbonyl (C=O) groups excluding carboxylic acids is 2. The first-order valence-corrected chi connectivity index (χ1v) is 10.8. The Hall–Kier alpha value is -3.35. The molecular formula is C19H20N4O7S. The van der Waals surface area contributed by atoms with Gasteiger partial charge in [0.2, 0.25) is 10.0 Å². The Balaban J connectivity index is 1.62. The summed E-state index contributed by atoms with van der Waals surface area (Å²) in [5, 5.41) is 10.8. The third kappa shape index (κ3) is 5.84. The van der Waals surface area contributed by atoms with Gasteiger partial charge in [0.15, 0.2) is 0 Å². The van der Waals surface area contributed by atoms with E-state index in [1.807, 2.05) is 0 Å². The number of hydrazine groups is 1. The van der Waals surface area contributed by atoms with Crippen LogP contribution in [0.1, 0.15) is 33.6 Å². The lowest BCUT2D eigenvalue weighted by Gasteiger charge is -2.12. The van der Waals surface area contributed by atoms with E-state index < -0.39 is 26.8 Å². The number of carbonyl (C=O) groups is 2. The molecule has 1 unspecified atom stereocenters. The maximum absolute atomic E-state index is 12.5. The maximum Gasteiger partial charge on any atom is 0.270 e. The Kier molecular flexibility index (Phi) is 6.95. The van der Waals surface area contributed by atoms with Crippen LogP contribution >= 0.6 is 0 Å². The number of amides is 2. The number of sulfonamides is 1. The average molecular weight is 448 g/mol. The number of ether oxygens (including phenoxy) is 1. The van der Waals surface area contributed by atoms with E-state index in [-0.39, 0.29) is 34.4 Å². The van der Waals surface area contributed by atoms with Gasteiger partial charge in [-0.05, 0) is 37.1 Å². The highest BCUT2D eigenvalue weighted by atomic mass is 32.2. The van der Waals surface area contributed by atoms with Gasteiger partial charge in [-0.2, -0.15) is 0 Å². The number of non-ortho nitro benzene ring substituents is 1. The van der Waals surface area contributed by atoms with Crippen LogP contribution in [0.25, 0.3) is 0 Å². The minimum absolute atomic E-state index is 0.000617. The summed E-state index contributed by atoms with van der Waals surface area (Å²) in [6.07, 6.45) is 1.48. The Labute approximate surface area is 178 Å². The minimum Gasteiger partial charge on any atom is -0.377 e. The molecule has 0 aliphatic carbocycles. The molecule has 1 aliphatic rings. The molecule has 1 saturated heterocycles. The van der Waals surface area contributed by atoms with Crippen molar-refractivity contribution in [2.75, 3.05) is 13.2 Å². The van der Waals surface area contributed by atoms with Gasteiger partial charge in [0.25, 0.3) is 17.5 Å². The highest BCUT2D eigenvalue weighted by molar-refractivity contribution is 7.89. The molecule has 1 fully saturated rings. The van der Waals surface area contributed by atoms with E-state index in [1.165, 1.54) is 42.5 Å². The molecule has 3 N–H and O–H groups in total.